The molecule has 3 aromatic heterocycles. The summed E-state index contributed by atoms with van der Waals surface area (Å²) < 4.78 is 0. The number of para-hydroxylation sites is 3. The van der Waals surface area contributed by atoms with Gasteiger partial charge in [-0.1, -0.05) is 61.5 Å². The number of benzene rings is 3. The van der Waals surface area contributed by atoms with E-state index in [2.05, 4.69) is 43.2 Å². The standard InChI is InChI=1S/C57H76N14O9S/c1-3-24-67(37-55(78)69(34-49(72)61-23-29-81)26-18-40-30-63-46-14-7-4-11-43(40)46)53(76)39-71(28-20-42-32-65-48-16-9-6-13-45(42)48)52(75)35-66(2)51(74)36-68(25-10-21-62-57(58)59)54(77)38-70(50(73)33-60-22-17-56(79)80)27-19-41-31-64-47-15-8-5-12-44(41)47/h4-9,11-16,30-32,60,63-65,81H,3,10,17-29,33-39H2,1-2H3,(H,61,72)(H,79,80)(H4,58,59,62). The molecule has 23 nitrogen and oxygen atoms in total. The van der Waals surface area contributed by atoms with E-state index < -0.39 is 67.6 Å². The number of aromatic amines is 3. The van der Waals surface area contributed by atoms with Gasteiger partial charge < -0.3 is 71.6 Å². The van der Waals surface area contributed by atoms with Gasteiger partial charge in [-0.05, 0) is 67.0 Å². The van der Waals surface area contributed by atoms with Crippen molar-refractivity contribution in [2.75, 3.05) is 111 Å². The van der Waals surface area contributed by atoms with Crippen LogP contribution in [0.1, 0.15) is 42.9 Å². The Morgan fingerprint density at radius 3 is 1.43 bits per heavy atom. The van der Waals surface area contributed by atoms with E-state index >= 15 is 0 Å². The van der Waals surface area contributed by atoms with E-state index in [1.165, 1.54) is 36.4 Å². The summed E-state index contributed by atoms with van der Waals surface area (Å²) in [7, 11) is 1.42. The molecule has 0 unspecified atom stereocenters. The number of rotatable bonds is 34. The number of carboxylic acid groups (broad SMARTS) is 1. The first-order valence-corrected chi connectivity index (χ1v) is 27.8. The van der Waals surface area contributed by atoms with E-state index in [1.54, 1.807) is 0 Å². The average Bonchev–Trinajstić information content (AvgIpc) is 4.23. The second kappa shape index (κ2) is 31.4. The molecule has 3 aromatic carbocycles. The third-order valence-corrected chi connectivity index (χ3v) is 14.0. The van der Waals surface area contributed by atoms with Crippen molar-refractivity contribution in [3.63, 3.8) is 0 Å². The van der Waals surface area contributed by atoms with E-state index in [9.17, 15) is 38.4 Å². The Bertz CT molecular complexity index is 3130. The first kappa shape index (κ1) is 61.8. The molecular weight excluding hydrogens is 1060 g/mol. The van der Waals surface area contributed by atoms with Gasteiger partial charge in [-0.2, -0.15) is 12.6 Å². The summed E-state index contributed by atoms with van der Waals surface area (Å²) in [5.74, 6) is -4.35. The number of aromatic nitrogens is 3. The number of nitrogens with one attached hydrogen (secondary N) is 5. The van der Waals surface area contributed by atoms with E-state index in [1.807, 2.05) is 98.3 Å². The van der Waals surface area contributed by atoms with E-state index in [0.717, 1.165) is 49.4 Å². The third kappa shape index (κ3) is 18.9. The van der Waals surface area contributed by atoms with Gasteiger partial charge in [0.05, 0.1) is 52.2 Å². The van der Waals surface area contributed by atoms with Crippen molar-refractivity contribution in [3.8, 4) is 0 Å². The molecule has 0 spiro atoms. The van der Waals surface area contributed by atoms with Crippen LogP contribution in [0.5, 0.6) is 0 Å². The first-order valence-electron chi connectivity index (χ1n) is 27.2. The van der Waals surface area contributed by atoms with Crippen molar-refractivity contribution >= 4 is 98.6 Å². The summed E-state index contributed by atoms with van der Waals surface area (Å²) in [5, 5.41) is 17.6. The third-order valence-electron chi connectivity index (χ3n) is 13.8. The highest BCUT2D eigenvalue weighted by molar-refractivity contribution is 7.80. The number of nitrogens with zero attached hydrogens (tertiary/aromatic N) is 7. The fraction of sp³-hybridized carbons (Fsp3) is 0.421. The molecule has 0 saturated heterocycles. The van der Waals surface area contributed by atoms with E-state index in [-0.39, 0.29) is 90.2 Å². The van der Waals surface area contributed by atoms with E-state index in [4.69, 9.17) is 16.6 Å². The molecule has 24 heteroatoms. The Morgan fingerprint density at radius 1 is 0.556 bits per heavy atom. The zero-order valence-electron chi connectivity index (χ0n) is 46.2. The van der Waals surface area contributed by atoms with E-state index in [0.29, 0.717) is 38.0 Å². The largest absolute Gasteiger partial charge is 0.481 e. The zero-order valence-corrected chi connectivity index (χ0v) is 47.1. The van der Waals surface area contributed by atoms with Gasteiger partial charge >= 0.3 is 5.97 Å². The summed E-state index contributed by atoms with van der Waals surface area (Å²) in [5.41, 5.74) is 16.7. The maximum absolute atomic E-state index is 14.6. The maximum Gasteiger partial charge on any atom is 0.304 e. The fourth-order valence-electron chi connectivity index (χ4n) is 9.37. The van der Waals surface area contributed by atoms with Crippen molar-refractivity contribution in [2.24, 2.45) is 16.5 Å². The van der Waals surface area contributed by atoms with Crippen LogP contribution in [-0.4, -0.2) is 214 Å². The van der Waals surface area contributed by atoms with Gasteiger partial charge in [-0.3, -0.25) is 43.3 Å². The fourth-order valence-corrected chi connectivity index (χ4v) is 9.48. The van der Waals surface area contributed by atoms with Crippen LogP contribution in [0.25, 0.3) is 32.7 Å². The summed E-state index contributed by atoms with van der Waals surface area (Å²) in [4.78, 5) is 132. The number of carboxylic acids is 1. The normalized spacial score (nSPS) is 11.1. The van der Waals surface area contributed by atoms with Gasteiger partial charge in [-0.25, -0.2) is 0 Å². The molecule has 0 bridgehead atoms. The number of carbonyl (C=O) groups excluding carboxylic acids is 7. The van der Waals surface area contributed by atoms with Gasteiger partial charge in [0.15, 0.2) is 5.96 Å². The highest BCUT2D eigenvalue weighted by Crippen LogP contribution is 2.21. The predicted molar refractivity (Wildman–Crippen MR) is 314 cm³/mol. The van der Waals surface area contributed by atoms with Crippen LogP contribution in [0, 0.1) is 0 Å². The van der Waals surface area contributed by atoms with Gasteiger partial charge in [0.1, 0.15) is 0 Å². The molecular formula is C57H76N14O9S. The molecule has 6 aromatic rings. The minimum Gasteiger partial charge on any atom is -0.481 e. The minimum absolute atomic E-state index is 0.00248. The topological polar surface area (TPSA) is 312 Å². The Labute approximate surface area is 476 Å². The summed E-state index contributed by atoms with van der Waals surface area (Å²) in [6.45, 7) is 0.196. The van der Waals surface area contributed by atoms with Crippen molar-refractivity contribution in [1.29, 1.82) is 0 Å². The van der Waals surface area contributed by atoms with Crippen LogP contribution in [0.2, 0.25) is 0 Å². The quantitative estimate of drug-likeness (QED) is 0.0121. The number of aliphatic carboxylic acids is 1. The number of fused-ring (bicyclic) bond motifs is 3. The number of likely N-dealkylation sites (N-methyl/N-ethyl adjacent to an activating group) is 1. The average molecular weight is 1130 g/mol. The molecule has 0 atom stereocenters. The van der Waals surface area contributed by atoms with Crippen molar-refractivity contribution in [1.82, 2.24) is 55.0 Å². The lowest BCUT2D eigenvalue weighted by Crippen LogP contribution is -2.52. The lowest BCUT2D eigenvalue weighted by Gasteiger charge is -2.31. The van der Waals surface area contributed by atoms with Gasteiger partial charge in [0.25, 0.3) is 0 Å². The molecule has 0 aliphatic carbocycles. The van der Waals surface area contributed by atoms with Crippen molar-refractivity contribution in [3.05, 3.63) is 108 Å². The number of nitrogens with two attached hydrogens (primary N) is 2. The molecule has 10 N–H and O–H groups in total. The lowest BCUT2D eigenvalue weighted by atomic mass is 10.1. The number of thiol groups is 1. The highest BCUT2D eigenvalue weighted by atomic mass is 32.1. The number of guanidine groups is 1. The number of H-pyrrole nitrogens is 3. The predicted octanol–water partition coefficient (Wildman–Crippen LogP) is 1.94. The number of amides is 7. The van der Waals surface area contributed by atoms with Crippen molar-refractivity contribution in [2.45, 2.75) is 45.4 Å². The lowest BCUT2D eigenvalue weighted by molar-refractivity contribution is -0.147. The first-order chi connectivity index (χ1) is 39.0. The van der Waals surface area contributed by atoms with Crippen LogP contribution in [0.3, 0.4) is 0 Å². The molecule has 81 heavy (non-hydrogen) atoms. The Hall–Kier alpha value is -8.38. The molecule has 434 valence electrons. The molecule has 0 fully saturated rings. The number of carbonyl (C=O) groups is 8. The second-order valence-electron chi connectivity index (χ2n) is 19.7. The Morgan fingerprint density at radius 2 is 0.975 bits per heavy atom. The highest BCUT2D eigenvalue weighted by Gasteiger charge is 2.29. The molecule has 7 amide bonds. The van der Waals surface area contributed by atoms with Crippen LogP contribution in [0.15, 0.2) is 96.4 Å². The Kier molecular flexibility index (Phi) is 24.0. The SMILES string of the molecule is CCCN(CC(=O)N(CCc1c[nH]c2ccccc12)CC(=O)NCCS)C(=O)CN(CCc1c[nH]c2ccccc12)C(=O)CN(C)C(=O)CN(CCCN=C(N)N)C(=O)CN(CCc1c[nH]c2ccccc12)C(=O)CNCCC(=O)O. The summed E-state index contributed by atoms with van der Waals surface area (Å²) in [6, 6.07) is 23.1. The van der Waals surface area contributed by atoms with Gasteiger partial charge in [0.2, 0.25) is 41.4 Å². The second-order valence-corrected chi connectivity index (χ2v) is 20.2. The van der Waals surface area contributed by atoms with Crippen molar-refractivity contribution < 1.29 is 43.5 Å². The summed E-state index contributed by atoms with van der Waals surface area (Å²) in [6.07, 6.45) is 7.21. The van der Waals surface area contributed by atoms with Gasteiger partial charge in [-0.15, -0.1) is 0 Å². The van der Waals surface area contributed by atoms with Crippen LogP contribution < -0.4 is 22.1 Å². The molecule has 0 aliphatic rings. The number of hydrogen-bond donors (Lipinski definition) is 9. The molecule has 0 radical (unpaired) electrons. The zero-order chi connectivity index (χ0) is 58.3. The monoisotopic (exact) mass is 1130 g/mol. The molecule has 3 heterocycles. The van der Waals surface area contributed by atoms with Crippen LogP contribution >= 0.6 is 12.6 Å². The molecule has 0 saturated carbocycles. The van der Waals surface area contributed by atoms with Gasteiger partial charge in [0, 0.05) is 116 Å². The smallest absolute Gasteiger partial charge is 0.304 e. The molecule has 6 rings (SSSR count). The maximum atomic E-state index is 14.6. The minimum atomic E-state index is -1.04. The molecule has 0 aliphatic heterocycles. The number of hydrogen-bond acceptors (Lipinski definition) is 11. The number of aliphatic imine (C=N–C) groups is 1. The van der Waals surface area contributed by atoms with Crippen LogP contribution in [-0.2, 0) is 57.6 Å². The van der Waals surface area contributed by atoms with Crippen LogP contribution in [0.4, 0.5) is 0 Å². The Balaban J connectivity index is 1.18. The summed E-state index contributed by atoms with van der Waals surface area (Å²) >= 11 is 4.20.